The maximum atomic E-state index is 14.1. The Kier molecular flexibility index (Phi) is 5.16. The molecular formula is C25H27FN2S. The van der Waals surface area contributed by atoms with E-state index in [1.807, 2.05) is 0 Å². The zero-order valence-electron chi connectivity index (χ0n) is 17.9. The first-order valence-corrected chi connectivity index (χ1v) is 11.3. The summed E-state index contributed by atoms with van der Waals surface area (Å²) in [7, 11) is 0. The van der Waals surface area contributed by atoms with Crippen LogP contribution in [0.5, 0.6) is 0 Å². The van der Waals surface area contributed by atoms with E-state index in [9.17, 15) is 4.39 Å². The highest BCUT2D eigenvalue weighted by atomic mass is 32.2. The lowest BCUT2D eigenvalue weighted by Crippen LogP contribution is -2.26. The summed E-state index contributed by atoms with van der Waals surface area (Å²) in [5.41, 5.74) is 11.9. The van der Waals surface area contributed by atoms with Crippen LogP contribution >= 0.6 is 11.9 Å². The fraction of sp³-hybridized carbons (Fsp3) is 0.320. The number of rotatable bonds is 3. The number of pyridine rings is 1. The van der Waals surface area contributed by atoms with Gasteiger partial charge in [0.15, 0.2) is 0 Å². The maximum Gasteiger partial charge on any atom is 0.141 e. The summed E-state index contributed by atoms with van der Waals surface area (Å²) in [6, 6.07) is 10.5. The number of anilines is 1. The minimum absolute atomic E-state index is 0.0590. The zero-order valence-corrected chi connectivity index (χ0v) is 18.7. The molecule has 4 heteroatoms. The third kappa shape index (κ3) is 3.05. The zero-order chi connectivity index (χ0) is 20.9. The lowest BCUT2D eigenvalue weighted by Gasteiger charge is -2.39. The number of nitrogens with zero attached hydrogens (tertiary/aromatic N) is 2. The highest BCUT2D eigenvalue weighted by molar-refractivity contribution is 8.00. The van der Waals surface area contributed by atoms with E-state index in [1.165, 1.54) is 45.3 Å². The number of benzene rings is 2. The summed E-state index contributed by atoms with van der Waals surface area (Å²) in [6.07, 6.45) is 4.40. The lowest BCUT2D eigenvalue weighted by atomic mass is 9.81. The molecule has 0 fully saturated rings. The molecule has 4 rings (SSSR count). The molecule has 29 heavy (non-hydrogen) atoms. The predicted molar refractivity (Wildman–Crippen MR) is 123 cm³/mol. The van der Waals surface area contributed by atoms with Gasteiger partial charge in [0.05, 0.1) is 23.6 Å². The highest BCUT2D eigenvalue weighted by Gasteiger charge is 2.34. The molecule has 1 aliphatic heterocycles. The summed E-state index contributed by atoms with van der Waals surface area (Å²) in [6.45, 7) is 10.9. The van der Waals surface area contributed by atoms with Gasteiger partial charge in [0.1, 0.15) is 5.82 Å². The van der Waals surface area contributed by atoms with Gasteiger partial charge in [-0.3, -0.25) is 4.98 Å². The van der Waals surface area contributed by atoms with Crippen molar-refractivity contribution in [2.24, 2.45) is 0 Å². The van der Waals surface area contributed by atoms with Crippen molar-refractivity contribution >= 4 is 17.6 Å². The monoisotopic (exact) mass is 406 g/mol. The van der Waals surface area contributed by atoms with Crippen LogP contribution in [0.15, 0.2) is 36.5 Å². The van der Waals surface area contributed by atoms with Gasteiger partial charge in [-0.15, -0.1) is 0 Å². The van der Waals surface area contributed by atoms with Gasteiger partial charge >= 0.3 is 0 Å². The largest absolute Gasteiger partial charge is 0.308 e. The van der Waals surface area contributed by atoms with E-state index >= 15 is 0 Å². The molecule has 0 spiro atoms. The van der Waals surface area contributed by atoms with Gasteiger partial charge in [-0.25, -0.2) is 4.39 Å². The van der Waals surface area contributed by atoms with Crippen molar-refractivity contribution in [2.75, 3.05) is 10.6 Å². The van der Waals surface area contributed by atoms with E-state index in [1.54, 1.807) is 18.0 Å². The van der Waals surface area contributed by atoms with Gasteiger partial charge in [0.2, 0.25) is 0 Å². The van der Waals surface area contributed by atoms with Crippen LogP contribution in [0.25, 0.3) is 22.4 Å². The Labute approximate surface area is 177 Å². The van der Waals surface area contributed by atoms with Crippen LogP contribution in [-0.2, 0) is 6.42 Å². The Morgan fingerprint density at radius 2 is 1.76 bits per heavy atom. The molecule has 2 aromatic carbocycles. The van der Waals surface area contributed by atoms with Crippen LogP contribution in [0.1, 0.15) is 47.7 Å². The van der Waals surface area contributed by atoms with Gasteiger partial charge in [-0.05, 0) is 68.0 Å². The molecule has 0 saturated heterocycles. The molecule has 150 valence electrons. The quantitative estimate of drug-likeness (QED) is 0.428. The number of fused-ring (bicyclic) bond motifs is 3. The molecular weight excluding hydrogens is 379 g/mol. The minimum Gasteiger partial charge on any atom is -0.308 e. The summed E-state index contributed by atoms with van der Waals surface area (Å²) in [5.74, 6) is -0.279. The van der Waals surface area contributed by atoms with E-state index in [4.69, 9.17) is 0 Å². The van der Waals surface area contributed by atoms with Crippen LogP contribution < -0.4 is 4.31 Å². The molecule has 2 nitrogen and oxygen atoms in total. The second-order valence-electron chi connectivity index (χ2n) is 7.82. The van der Waals surface area contributed by atoms with Crippen molar-refractivity contribution in [3.8, 4) is 22.4 Å². The molecule has 0 aliphatic carbocycles. The van der Waals surface area contributed by atoms with Gasteiger partial charge in [-0.1, -0.05) is 48.7 Å². The molecule has 3 aromatic rings. The second-order valence-corrected chi connectivity index (χ2v) is 8.58. The van der Waals surface area contributed by atoms with E-state index in [0.717, 1.165) is 23.2 Å². The van der Waals surface area contributed by atoms with Gasteiger partial charge in [0, 0.05) is 17.4 Å². The molecule has 1 atom stereocenters. The SMILES string of the molecule is CCc1c(C)c2c(c(C)c1-c1ccc(C)cc1)-c1ncc(F)cc1[C@H](C)N2SC. The molecule has 2 heterocycles. The Hall–Kier alpha value is -2.33. The summed E-state index contributed by atoms with van der Waals surface area (Å²) in [5, 5.41) is 0. The molecule has 0 radical (unpaired) electrons. The molecule has 0 bridgehead atoms. The van der Waals surface area contributed by atoms with E-state index in [0.29, 0.717) is 0 Å². The first kappa shape index (κ1) is 20.0. The normalized spacial score (nSPS) is 15.3. The first-order valence-electron chi connectivity index (χ1n) is 10.1. The van der Waals surface area contributed by atoms with Crippen LogP contribution in [0.4, 0.5) is 10.1 Å². The number of hydrogen-bond acceptors (Lipinski definition) is 3. The van der Waals surface area contributed by atoms with Crippen molar-refractivity contribution in [3.05, 3.63) is 70.2 Å². The Bertz CT molecular complexity index is 1090. The molecule has 0 amide bonds. The maximum absolute atomic E-state index is 14.1. The van der Waals surface area contributed by atoms with Crippen molar-refractivity contribution < 1.29 is 4.39 Å². The molecule has 0 unspecified atom stereocenters. The van der Waals surface area contributed by atoms with Crippen LogP contribution in [0, 0.1) is 26.6 Å². The van der Waals surface area contributed by atoms with Crippen molar-refractivity contribution in [2.45, 2.75) is 47.1 Å². The number of aryl methyl sites for hydroxylation is 1. The molecule has 0 saturated carbocycles. The van der Waals surface area contributed by atoms with E-state index in [2.05, 4.69) is 74.4 Å². The summed E-state index contributed by atoms with van der Waals surface area (Å²) in [4.78, 5) is 4.57. The number of hydrogen-bond donors (Lipinski definition) is 0. The van der Waals surface area contributed by atoms with E-state index in [-0.39, 0.29) is 11.9 Å². The Morgan fingerprint density at radius 1 is 1.07 bits per heavy atom. The molecule has 1 aromatic heterocycles. The first-order chi connectivity index (χ1) is 13.9. The van der Waals surface area contributed by atoms with Crippen molar-refractivity contribution in [3.63, 3.8) is 0 Å². The van der Waals surface area contributed by atoms with Crippen LogP contribution in [-0.4, -0.2) is 11.2 Å². The number of halogens is 1. The Morgan fingerprint density at radius 3 is 2.38 bits per heavy atom. The van der Waals surface area contributed by atoms with Crippen LogP contribution in [0.3, 0.4) is 0 Å². The van der Waals surface area contributed by atoms with Crippen molar-refractivity contribution in [1.29, 1.82) is 0 Å². The smallest absolute Gasteiger partial charge is 0.141 e. The van der Waals surface area contributed by atoms with Gasteiger partial charge in [-0.2, -0.15) is 0 Å². The topological polar surface area (TPSA) is 16.1 Å². The third-order valence-electron chi connectivity index (χ3n) is 6.13. The van der Waals surface area contributed by atoms with Crippen LogP contribution in [0.2, 0.25) is 0 Å². The third-order valence-corrected chi connectivity index (χ3v) is 7.02. The summed E-state index contributed by atoms with van der Waals surface area (Å²) < 4.78 is 16.4. The molecule has 1 aliphatic rings. The average Bonchev–Trinajstić information content (AvgIpc) is 2.71. The average molecular weight is 407 g/mol. The minimum atomic E-state index is -0.279. The second kappa shape index (κ2) is 7.49. The van der Waals surface area contributed by atoms with E-state index < -0.39 is 0 Å². The fourth-order valence-corrected chi connectivity index (χ4v) is 5.56. The highest BCUT2D eigenvalue weighted by Crippen LogP contribution is 2.52. The molecule has 0 N–H and O–H groups in total. The predicted octanol–water partition coefficient (Wildman–Crippen LogP) is 7.20. The van der Waals surface area contributed by atoms with Crippen molar-refractivity contribution in [1.82, 2.24) is 4.98 Å². The fourth-order valence-electron chi connectivity index (χ4n) is 4.72. The van der Waals surface area contributed by atoms with Gasteiger partial charge in [0.25, 0.3) is 0 Å². The standard InChI is InChI=1S/C25H27FN2S/c1-7-20-15(3)25-23(16(4)22(20)18-10-8-14(2)9-11-18)24-21(12-19(26)13-27-24)17(5)28(25)29-6/h8-13,17H,7H2,1-6H3/t17-/m0/s1. The summed E-state index contributed by atoms with van der Waals surface area (Å²) >= 11 is 1.69. The van der Waals surface area contributed by atoms with Gasteiger partial charge < -0.3 is 4.31 Å². The number of aromatic nitrogens is 1. The Balaban J connectivity index is 2.12. The lowest BCUT2D eigenvalue weighted by molar-refractivity contribution is 0.615.